The van der Waals surface area contributed by atoms with Gasteiger partial charge < -0.3 is 10.1 Å². The Morgan fingerprint density at radius 1 is 1.13 bits per heavy atom. The number of para-hydroxylation sites is 1. The van der Waals surface area contributed by atoms with E-state index in [1.54, 1.807) is 0 Å². The van der Waals surface area contributed by atoms with E-state index >= 15 is 0 Å². The number of nitrogens with one attached hydrogen (secondary N) is 1. The number of hydrogen-bond acceptors (Lipinski definition) is 3. The van der Waals surface area contributed by atoms with Crippen LogP contribution < -0.4 is 10.1 Å². The minimum Gasteiger partial charge on any atom is -0.493 e. The number of hydrogen-bond donors (Lipinski definition) is 1. The molecule has 162 valence electrons. The predicted octanol–water partition coefficient (Wildman–Crippen LogP) is 4.74. The molecule has 0 atom stereocenters. The van der Waals surface area contributed by atoms with Gasteiger partial charge >= 0.3 is 0 Å². The molecule has 0 spiro atoms. The van der Waals surface area contributed by atoms with Gasteiger partial charge in [-0.2, -0.15) is 0 Å². The van der Waals surface area contributed by atoms with Gasteiger partial charge in [-0.1, -0.05) is 55.0 Å². The van der Waals surface area contributed by atoms with Crippen molar-refractivity contribution in [2.24, 2.45) is 5.92 Å². The first kappa shape index (κ1) is 22.4. The van der Waals surface area contributed by atoms with Crippen molar-refractivity contribution >= 4 is 5.91 Å². The van der Waals surface area contributed by atoms with Crippen molar-refractivity contribution < 1.29 is 9.53 Å². The van der Waals surface area contributed by atoms with Gasteiger partial charge in [-0.05, 0) is 69.3 Å². The van der Waals surface area contributed by atoms with E-state index in [1.165, 1.54) is 16.7 Å². The Bertz CT molecular complexity index is 797. The highest BCUT2D eigenvalue weighted by Gasteiger charge is 2.24. The Morgan fingerprint density at radius 3 is 2.70 bits per heavy atom. The van der Waals surface area contributed by atoms with Crippen molar-refractivity contribution in [3.63, 3.8) is 0 Å². The van der Waals surface area contributed by atoms with E-state index in [9.17, 15) is 4.79 Å². The van der Waals surface area contributed by atoms with Gasteiger partial charge in [-0.15, -0.1) is 0 Å². The summed E-state index contributed by atoms with van der Waals surface area (Å²) in [4.78, 5) is 15.0. The molecule has 4 nitrogen and oxygen atoms in total. The first-order valence-electron chi connectivity index (χ1n) is 11.4. The number of rotatable bonds is 10. The van der Waals surface area contributed by atoms with Crippen LogP contribution in [0.25, 0.3) is 0 Å². The van der Waals surface area contributed by atoms with Crippen LogP contribution in [0.2, 0.25) is 0 Å². The van der Waals surface area contributed by atoms with Gasteiger partial charge in [0.25, 0.3) is 0 Å². The van der Waals surface area contributed by atoms with Gasteiger partial charge in [0.1, 0.15) is 5.75 Å². The summed E-state index contributed by atoms with van der Waals surface area (Å²) in [5, 5.41) is 3.16. The van der Waals surface area contributed by atoms with Crippen LogP contribution in [0.1, 0.15) is 49.3 Å². The van der Waals surface area contributed by atoms with Crippen LogP contribution in [0.3, 0.4) is 0 Å². The third kappa shape index (κ3) is 6.88. The maximum atomic E-state index is 12.6. The summed E-state index contributed by atoms with van der Waals surface area (Å²) < 4.78 is 5.83. The lowest BCUT2D eigenvalue weighted by Gasteiger charge is -2.31. The molecule has 3 rings (SSSR count). The Morgan fingerprint density at radius 2 is 1.93 bits per heavy atom. The summed E-state index contributed by atoms with van der Waals surface area (Å²) in [5.41, 5.74) is 3.90. The largest absolute Gasteiger partial charge is 0.493 e. The molecule has 1 heterocycles. The second kappa shape index (κ2) is 11.8. The lowest BCUT2D eigenvalue weighted by Crippen LogP contribution is -2.40. The normalized spacial score (nSPS) is 15.1. The van der Waals surface area contributed by atoms with Gasteiger partial charge in [0.05, 0.1) is 6.61 Å². The molecule has 0 unspecified atom stereocenters. The Kier molecular flexibility index (Phi) is 8.76. The van der Waals surface area contributed by atoms with Crippen molar-refractivity contribution in [2.45, 2.75) is 52.5 Å². The van der Waals surface area contributed by atoms with Crippen molar-refractivity contribution in [3.05, 3.63) is 65.2 Å². The van der Waals surface area contributed by atoms with E-state index in [0.29, 0.717) is 0 Å². The number of aryl methyl sites for hydroxylation is 2. The zero-order chi connectivity index (χ0) is 21.2. The maximum Gasteiger partial charge on any atom is 0.223 e. The quantitative estimate of drug-likeness (QED) is 0.577. The summed E-state index contributed by atoms with van der Waals surface area (Å²) in [5.74, 6) is 1.35. The third-order valence-corrected chi connectivity index (χ3v) is 5.80. The lowest BCUT2D eigenvalue weighted by atomic mass is 9.95. The minimum atomic E-state index is 0.152. The monoisotopic (exact) mass is 408 g/mol. The molecule has 0 bridgehead atoms. The molecular weight excluding hydrogens is 372 g/mol. The molecule has 0 radical (unpaired) electrons. The van der Waals surface area contributed by atoms with Gasteiger partial charge in [0.2, 0.25) is 5.91 Å². The molecular formula is C26H36N2O2. The van der Waals surface area contributed by atoms with E-state index in [1.807, 2.05) is 12.1 Å². The number of carbonyl (C=O) groups is 1. The van der Waals surface area contributed by atoms with Gasteiger partial charge in [0, 0.05) is 19.0 Å². The predicted molar refractivity (Wildman–Crippen MR) is 123 cm³/mol. The summed E-state index contributed by atoms with van der Waals surface area (Å²) in [6.07, 6.45) is 4.77. The molecule has 0 saturated carbocycles. The number of likely N-dealkylation sites (tertiary alicyclic amines) is 1. The van der Waals surface area contributed by atoms with Gasteiger partial charge in [-0.3, -0.25) is 9.69 Å². The number of nitrogens with zero attached hydrogens (tertiary/aromatic N) is 1. The highest BCUT2D eigenvalue weighted by atomic mass is 16.5. The van der Waals surface area contributed by atoms with E-state index in [0.717, 1.165) is 70.6 Å². The van der Waals surface area contributed by atoms with Crippen LogP contribution in [0, 0.1) is 12.8 Å². The molecule has 1 aliphatic rings. The highest BCUT2D eigenvalue weighted by Crippen LogP contribution is 2.21. The number of ether oxygens (including phenoxy) is 1. The Hall–Kier alpha value is -2.33. The highest BCUT2D eigenvalue weighted by molar-refractivity contribution is 5.78. The first-order chi connectivity index (χ1) is 14.7. The molecule has 1 saturated heterocycles. The summed E-state index contributed by atoms with van der Waals surface area (Å²) in [6.45, 7) is 8.70. The maximum absolute atomic E-state index is 12.6. The van der Waals surface area contributed by atoms with E-state index < -0.39 is 0 Å². The van der Waals surface area contributed by atoms with Crippen molar-refractivity contribution in [1.29, 1.82) is 0 Å². The SMILES string of the molecule is CCCOc1ccccc1CCCNC(=O)C1CCN(Cc2cccc(C)c2)CC1. The molecule has 2 aromatic carbocycles. The number of amides is 1. The summed E-state index contributed by atoms with van der Waals surface area (Å²) in [6, 6.07) is 16.9. The number of piperidine rings is 1. The van der Waals surface area contributed by atoms with Crippen molar-refractivity contribution in [2.75, 3.05) is 26.2 Å². The van der Waals surface area contributed by atoms with E-state index in [-0.39, 0.29) is 11.8 Å². The molecule has 0 aliphatic carbocycles. The molecule has 1 aliphatic heterocycles. The smallest absolute Gasteiger partial charge is 0.223 e. The van der Waals surface area contributed by atoms with Gasteiger partial charge in [-0.25, -0.2) is 0 Å². The standard InChI is InChI=1S/C26H36N2O2/c1-3-18-30-25-12-5-4-10-23(25)11-7-15-27-26(29)24-13-16-28(17-14-24)20-22-9-6-8-21(2)19-22/h4-6,8-10,12,19,24H,3,7,11,13-18,20H2,1-2H3,(H,27,29). The lowest BCUT2D eigenvalue weighted by molar-refractivity contribution is -0.126. The van der Waals surface area contributed by atoms with E-state index in [4.69, 9.17) is 4.74 Å². The zero-order valence-corrected chi connectivity index (χ0v) is 18.5. The number of carbonyl (C=O) groups excluding carboxylic acids is 1. The number of benzene rings is 2. The fourth-order valence-corrected chi connectivity index (χ4v) is 4.12. The molecule has 2 aromatic rings. The average Bonchev–Trinajstić information content (AvgIpc) is 2.76. The molecule has 1 fully saturated rings. The fourth-order valence-electron chi connectivity index (χ4n) is 4.12. The third-order valence-electron chi connectivity index (χ3n) is 5.80. The van der Waals surface area contributed by atoms with Crippen LogP contribution in [0.4, 0.5) is 0 Å². The Labute approximate surface area is 181 Å². The van der Waals surface area contributed by atoms with E-state index in [2.05, 4.69) is 60.5 Å². The zero-order valence-electron chi connectivity index (χ0n) is 18.5. The minimum absolute atomic E-state index is 0.152. The fraction of sp³-hybridized carbons (Fsp3) is 0.500. The van der Waals surface area contributed by atoms with Crippen LogP contribution in [-0.4, -0.2) is 37.0 Å². The average molecular weight is 409 g/mol. The van der Waals surface area contributed by atoms with Crippen LogP contribution in [0.15, 0.2) is 48.5 Å². The van der Waals surface area contributed by atoms with Crippen LogP contribution >= 0.6 is 0 Å². The summed E-state index contributed by atoms with van der Waals surface area (Å²) in [7, 11) is 0. The molecule has 1 amide bonds. The van der Waals surface area contributed by atoms with Crippen molar-refractivity contribution in [1.82, 2.24) is 10.2 Å². The topological polar surface area (TPSA) is 41.6 Å². The van der Waals surface area contributed by atoms with Crippen LogP contribution in [-0.2, 0) is 17.8 Å². The van der Waals surface area contributed by atoms with Crippen molar-refractivity contribution in [3.8, 4) is 5.75 Å². The molecule has 0 aromatic heterocycles. The Balaban J connectivity index is 1.35. The molecule has 1 N–H and O–H groups in total. The second-order valence-corrected chi connectivity index (χ2v) is 8.39. The molecule has 30 heavy (non-hydrogen) atoms. The van der Waals surface area contributed by atoms with Gasteiger partial charge in [0.15, 0.2) is 0 Å². The van der Waals surface area contributed by atoms with Crippen LogP contribution in [0.5, 0.6) is 5.75 Å². The second-order valence-electron chi connectivity index (χ2n) is 8.39. The summed E-state index contributed by atoms with van der Waals surface area (Å²) >= 11 is 0. The first-order valence-corrected chi connectivity index (χ1v) is 11.4. The molecule has 4 heteroatoms.